The molecular formula is C37H57NO2. The van der Waals surface area contributed by atoms with E-state index in [1.54, 1.807) is 0 Å². The van der Waals surface area contributed by atoms with Gasteiger partial charge in [0.2, 0.25) is 0 Å². The fourth-order valence-electron chi connectivity index (χ4n) is 11.4. The first-order valence-corrected chi connectivity index (χ1v) is 17.2. The van der Waals surface area contributed by atoms with E-state index in [9.17, 15) is 4.79 Å². The molecule has 0 spiro atoms. The van der Waals surface area contributed by atoms with Crippen molar-refractivity contribution in [3.05, 3.63) is 35.4 Å². The van der Waals surface area contributed by atoms with Gasteiger partial charge in [0, 0.05) is 6.04 Å². The van der Waals surface area contributed by atoms with Crippen LogP contribution in [-0.4, -0.2) is 18.2 Å². The Balaban J connectivity index is 1.03. The van der Waals surface area contributed by atoms with Gasteiger partial charge in [-0.25, -0.2) is 4.79 Å². The van der Waals surface area contributed by atoms with Gasteiger partial charge < -0.3 is 10.1 Å². The standard InChI is InChI=1S/C37H57NO2/c1-24(2)9-8-10-25(3)32-15-16-33-31-14-13-28-23-30(17-19-36(28,4)34(31)18-20-37(32,33)5)40-35(39)38-29-21-26-11-6-7-12-27(26)22-29/h6-7,11-12,24-25,28-34H,8-10,13-23H2,1-5H3,(H,38,39)/t25-,28?,30+,31+,32?,33?,34+,36+,37-/m1/s1. The lowest BCUT2D eigenvalue weighted by atomic mass is 9.44. The van der Waals surface area contributed by atoms with Crippen LogP contribution in [0.1, 0.15) is 123 Å². The van der Waals surface area contributed by atoms with Crippen molar-refractivity contribution in [2.45, 2.75) is 137 Å². The number of carbonyl (C=O) groups excluding carboxylic acids is 1. The number of ether oxygens (including phenoxy) is 1. The quantitative estimate of drug-likeness (QED) is 0.369. The number of carbonyl (C=O) groups is 1. The Labute approximate surface area is 245 Å². The average Bonchev–Trinajstić information content (AvgIpc) is 3.48. The molecule has 1 aromatic rings. The highest BCUT2D eigenvalue weighted by atomic mass is 16.6. The Bertz CT molecular complexity index is 1030. The molecule has 0 aromatic heterocycles. The van der Waals surface area contributed by atoms with E-state index in [4.69, 9.17) is 4.74 Å². The smallest absolute Gasteiger partial charge is 0.407 e. The number of nitrogens with one attached hydrogen (secondary N) is 1. The van der Waals surface area contributed by atoms with E-state index in [0.29, 0.717) is 16.7 Å². The number of rotatable bonds is 7. The molecule has 0 heterocycles. The summed E-state index contributed by atoms with van der Waals surface area (Å²) in [7, 11) is 0. The third kappa shape index (κ3) is 5.26. The summed E-state index contributed by atoms with van der Waals surface area (Å²) in [5.41, 5.74) is 3.75. The number of benzene rings is 1. The monoisotopic (exact) mass is 547 g/mol. The molecule has 3 nitrogen and oxygen atoms in total. The Morgan fingerprint density at radius 3 is 2.33 bits per heavy atom. The average molecular weight is 548 g/mol. The van der Waals surface area contributed by atoms with Crippen molar-refractivity contribution >= 4 is 6.09 Å². The van der Waals surface area contributed by atoms with Crippen LogP contribution in [-0.2, 0) is 17.6 Å². The summed E-state index contributed by atoms with van der Waals surface area (Å²) in [4.78, 5) is 12.9. The molecule has 1 amide bonds. The summed E-state index contributed by atoms with van der Waals surface area (Å²) in [6.45, 7) is 12.7. The molecule has 6 rings (SSSR count). The van der Waals surface area contributed by atoms with E-state index in [1.165, 1.54) is 75.3 Å². The highest BCUT2D eigenvalue weighted by Crippen LogP contribution is 2.68. The first kappa shape index (κ1) is 28.6. The van der Waals surface area contributed by atoms with Gasteiger partial charge in [-0.1, -0.05) is 78.1 Å². The van der Waals surface area contributed by atoms with Gasteiger partial charge in [-0.15, -0.1) is 0 Å². The number of hydrogen-bond acceptors (Lipinski definition) is 2. The van der Waals surface area contributed by atoms with Crippen molar-refractivity contribution < 1.29 is 9.53 Å². The second kappa shape index (κ2) is 11.3. The van der Waals surface area contributed by atoms with Gasteiger partial charge >= 0.3 is 6.09 Å². The summed E-state index contributed by atoms with van der Waals surface area (Å²) in [6, 6.07) is 8.75. The van der Waals surface area contributed by atoms with Crippen molar-refractivity contribution in [2.75, 3.05) is 0 Å². The maximum Gasteiger partial charge on any atom is 0.407 e. The molecule has 9 atom stereocenters. The summed E-state index contributed by atoms with van der Waals surface area (Å²) in [5, 5.41) is 3.20. The molecule has 3 unspecified atom stereocenters. The van der Waals surface area contributed by atoms with Gasteiger partial charge in [-0.3, -0.25) is 0 Å². The van der Waals surface area contributed by atoms with Crippen molar-refractivity contribution in [1.29, 1.82) is 0 Å². The second-order valence-electron chi connectivity index (χ2n) is 16.0. The van der Waals surface area contributed by atoms with E-state index in [1.807, 2.05) is 0 Å². The topological polar surface area (TPSA) is 38.3 Å². The van der Waals surface area contributed by atoms with Gasteiger partial charge in [0.15, 0.2) is 0 Å². The van der Waals surface area contributed by atoms with Crippen molar-refractivity contribution in [3.8, 4) is 0 Å². The third-order valence-corrected chi connectivity index (χ3v) is 13.5. The Morgan fingerprint density at radius 1 is 0.900 bits per heavy atom. The lowest BCUT2D eigenvalue weighted by molar-refractivity contribution is -0.129. The molecule has 0 bridgehead atoms. The SMILES string of the molecule is CC(C)CCC[C@@H](C)C1CCC2[C@@H]3CCC4C[C@@H](OC(=O)NC5Cc6ccccc6C5)CC[C@]4(C)[C@H]3CC[C@]12C. The lowest BCUT2D eigenvalue weighted by Crippen LogP contribution is -2.54. The maximum atomic E-state index is 12.9. The fraction of sp³-hybridized carbons (Fsp3) is 0.811. The lowest BCUT2D eigenvalue weighted by Gasteiger charge is -2.61. The molecule has 5 aliphatic rings. The molecule has 3 heteroatoms. The van der Waals surface area contributed by atoms with Gasteiger partial charge in [-0.05, 0) is 134 Å². The molecule has 5 aliphatic carbocycles. The Kier molecular flexibility index (Phi) is 8.07. The van der Waals surface area contributed by atoms with Crippen LogP contribution >= 0.6 is 0 Å². The molecule has 0 aliphatic heterocycles. The number of alkyl carbamates (subject to hydrolysis) is 1. The highest BCUT2D eigenvalue weighted by Gasteiger charge is 2.60. The number of amides is 1. The van der Waals surface area contributed by atoms with Crippen LogP contribution < -0.4 is 5.32 Å². The molecular weight excluding hydrogens is 490 g/mol. The predicted molar refractivity (Wildman–Crippen MR) is 164 cm³/mol. The Hall–Kier alpha value is -1.51. The first-order chi connectivity index (χ1) is 19.2. The van der Waals surface area contributed by atoms with E-state index in [-0.39, 0.29) is 18.2 Å². The van der Waals surface area contributed by atoms with Crippen LogP contribution in [0.25, 0.3) is 0 Å². The third-order valence-electron chi connectivity index (χ3n) is 13.5. The van der Waals surface area contributed by atoms with Crippen LogP contribution in [0.5, 0.6) is 0 Å². The minimum absolute atomic E-state index is 0.0924. The molecule has 0 saturated heterocycles. The van der Waals surface area contributed by atoms with Crippen LogP contribution in [0, 0.1) is 52.3 Å². The van der Waals surface area contributed by atoms with Crippen LogP contribution in [0.15, 0.2) is 24.3 Å². The van der Waals surface area contributed by atoms with Gasteiger partial charge in [-0.2, -0.15) is 0 Å². The summed E-state index contributed by atoms with van der Waals surface area (Å²) in [6.07, 6.45) is 18.0. The molecule has 40 heavy (non-hydrogen) atoms. The van der Waals surface area contributed by atoms with E-state index < -0.39 is 0 Å². The zero-order valence-corrected chi connectivity index (χ0v) is 26.2. The van der Waals surface area contributed by atoms with Crippen molar-refractivity contribution in [2.24, 2.45) is 52.3 Å². The predicted octanol–water partition coefficient (Wildman–Crippen LogP) is 9.37. The van der Waals surface area contributed by atoms with Gasteiger partial charge in [0.1, 0.15) is 6.10 Å². The summed E-state index contributed by atoms with van der Waals surface area (Å²) >= 11 is 0. The summed E-state index contributed by atoms with van der Waals surface area (Å²) < 4.78 is 6.10. The molecule has 1 aromatic carbocycles. The van der Waals surface area contributed by atoms with Crippen molar-refractivity contribution in [3.63, 3.8) is 0 Å². The normalized spacial score (nSPS) is 39.6. The molecule has 1 N–H and O–H groups in total. The zero-order chi connectivity index (χ0) is 28.1. The largest absolute Gasteiger partial charge is 0.446 e. The van der Waals surface area contributed by atoms with E-state index in [2.05, 4.69) is 64.2 Å². The highest BCUT2D eigenvalue weighted by molar-refractivity contribution is 5.68. The van der Waals surface area contributed by atoms with Gasteiger partial charge in [0.25, 0.3) is 0 Å². The van der Waals surface area contributed by atoms with Gasteiger partial charge in [0.05, 0.1) is 0 Å². The maximum absolute atomic E-state index is 12.9. The van der Waals surface area contributed by atoms with E-state index in [0.717, 1.165) is 61.2 Å². The van der Waals surface area contributed by atoms with Crippen LogP contribution in [0.4, 0.5) is 4.79 Å². The fourth-order valence-corrected chi connectivity index (χ4v) is 11.4. The second-order valence-corrected chi connectivity index (χ2v) is 16.0. The van der Waals surface area contributed by atoms with Crippen LogP contribution in [0.2, 0.25) is 0 Å². The minimum Gasteiger partial charge on any atom is -0.446 e. The zero-order valence-electron chi connectivity index (χ0n) is 26.2. The molecule has 4 fully saturated rings. The molecule has 222 valence electrons. The Morgan fingerprint density at radius 2 is 1.60 bits per heavy atom. The van der Waals surface area contributed by atoms with Crippen LogP contribution in [0.3, 0.4) is 0 Å². The molecule has 0 radical (unpaired) electrons. The summed E-state index contributed by atoms with van der Waals surface area (Å²) in [5.74, 6) is 6.12. The minimum atomic E-state index is -0.187. The number of hydrogen-bond donors (Lipinski definition) is 1. The first-order valence-electron chi connectivity index (χ1n) is 17.2. The number of fused-ring (bicyclic) bond motifs is 6. The van der Waals surface area contributed by atoms with Crippen molar-refractivity contribution in [1.82, 2.24) is 5.32 Å². The van der Waals surface area contributed by atoms with E-state index >= 15 is 0 Å². The molecule has 4 saturated carbocycles.